The van der Waals surface area contributed by atoms with Gasteiger partial charge in [0, 0.05) is 28.5 Å². The van der Waals surface area contributed by atoms with Crippen LogP contribution in [0.4, 0.5) is 0 Å². The number of aromatic nitrogens is 1. The summed E-state index contributed by atoms with van der Waals surface area (Å²) in [4.78, 5) is 15.2. The molecular weight excluding hydrogens is 326 g/mol. The topological polar surface area (TPSA) is 68.7 Å². The second-order valence-corrected chi connectivity index (χ2v) is 4.88. The summed E-state index contributed by atoms with van der Waals surface area (Å²) >= 11 is 3.32. The van der Waals surface area contributed by atoms with Crippen LogP contribution in [0.1, 0.15) is 15.9 Å². The molecule has 1 aromatic heterocycles. The molecule has 2 rings (SSSR count). The fraction of sp³-hybridized carbons (Fsp3) is 0.143. The quantitative estimate of drug-likeness (QED) is 0.907. The number of benzene rings is 1. The Hall–Kier alpha value is -2.08. The summed E-state index contributed by atoms with van der Waals surface area (Å²) in [6.07, 6.45) is 3.32. The molecule has 0 aliphatic heterocycles. The van der Waals surface area contributed by atoms with Gasteiger partial charge in [0.15, 0.2) is 0 Å². The summed E-state index contributed by atoms with van der Waals surface area (Å²) in [5.74, 6) is -0.246. The van der Waals surface area contributed by atoms with Crippen molar-refractivity contribution in [3.63, 3.8) is 0 Å². The Morgan fingerprint density at radius 2 is 2.15 bits per heavy atom. The summed E-state index contributed by atoms with van der Waals surface area (Å²) < 4.78 is 11.5. The van der Waals surface area contributed by atoms with Gasteiger partial charge in [0.25, 0.3) is 0 Å². The molecule has 104 valence electrons. The first kappa shape index (κ1) is 14.3. The third-order valence-electron chi connectivity index (χ3n) is 2.58. The van der Waals surface area contributed by atoms with E-state index < -0.39 is 5.97 Å². The summed E-state index contributed by atoms with van der Waals surface area (Å²) in [6, 6.07) is 6.44. The van der Waals surface area contributed by atoms with E-state index in [4.69, 9.17) is 14.6 Å². The number of carboxylic acids is 1. The highest BCUT2D eigenvalue weighted by molar-refractivity contribution is 9.10. The molecule has 0 spiro atoms. The van der Waals surface area contributed by atoms with Gasteiger partial charge in [-0.2, -0.15) is 0 Å². The normalized spacial score (nSPS) is 10.1. The molecule has 0 saturated heterocycles. The lowest BCUT2D eigenvalue weighted by atomic mass is 10.2. The highest BCUT2D eigenvalue weighted by Crippen LogP contribution is 2.26. The molecule has 0 fully saturated rings. The zero-order valence-corrected chi connectivity index (χ0v) is 12.3. The molecule has 0 radical (unpaired) electrons. The van der Waals surface area contributed by atoms with Crippen LogP contribution in [0.2, 0.25) is 0 Å². The average molecular weight is 338 g/mol. The maximum absolute atomic E-state index is 11.1. The maximum Gasteiger partial charge on any atom is 0.339 e. The van der Waals surface area contributed by atoms with Gasteiger partial charge in [0.05, 0.1) is 7.11 Å². The van der Waals surface area contributed by atoms with Crippen LogP contribution >= 0.6 is 15.9 Å². The van der Waals surface area contributed by atoms with Crippen LogP contribution in [0.5, 0.6) is 11.5 Å². The van der Waals surface area contributed by atoms with Crippen molar-refractivity contribution in [1.29, 1.82) is 0 Å². The molecule has 1 N–H and O–H groups in total. The standard InChI is InChI=1S/C14H12BrNO4/c1-19-11-2-3-12(14(17)18)13(5-11)20-8-9-4-10(15)7-16-6-9/h2-7H,8H2,1H3,(H,17,18). The van der Waals surface area contributed by atoms with Gasteiger partial charge in [-0.05, 0) is 34.1 Å². The van der Waals surface area contributed by atoms with Crippen molar-refractivity contribution in [1.82, 2.24) is 4.98 Å². The summed E-state index contributed by atoms with van der Waals surface area (Å²) in [5.41, 5.74) is 0.923. The Kier molecular flexibility index (Phi) is 4.57. The average Bonchev–Trinajstić information content (AvgIpc) is 2.44. The number of carbonyl (C=O) groups is 1. The maximum atomic E-state index is 11.1. The minimum atomic E-state index is -1.05. The van der Waals surface area contributed by atoms with Gasteiger partial charge in [-0.3, -0.25) is 4.98 Å². The van der Waals surface area contributed by atoms with Crippen LogP contribution in [-0.2, 0) is 6.61 Å². The predicted molar refractivity (Wildman–Crippen MR) is 76.2 cm³/mol. The van der Waals surface area contributed by atoms with E-state index >= 15 is 0 Å². The van der Waals surface area contributed by atoms with Crippen LogP contribution in [0.3, 0.4) is 0 Å². The molecule has 2 aromatic rings. The Labute approximate surface area is 124 Å². The first-order valence-corrected chi connectivity index (χ1v) is 6.53. The summed E-state index contributed by atoms with van der Waals surface area (Å²) in [5, 5.41) is 9.13. The Balaban J connectivity index is 2.21. The van der Waals surface area contributed by atoms with Crippen LogP contribution in [0.15, 0.2) is 41.1 Å². The van der Waals surface area contributed by atoms with E-state index in [0.717, 1.165) is 10.0 Å². The van der Waals surface area contributed by atoms with E-state index in [2.05, 4.69) is 20.9 Å². The summed E-state index contributed by atoms with van der Waals surface area (Å²) in [6.45, 7) is 0.222. The van der Waals surface area contributed by atoms with Crippen molar-refractivity contribution in [2.45, 2.75) is 6.61 Å². The first-order chi connectivity index (χ1) is 9.60. The number of rotatable bonds is 5. The molecule has 0 aliphatic carbocycles. The number of aromatic carboxylic acids is 1. The minimum Gasteiger partial charge on any atom is -0.497 e. The van der Waals surface area contributed by atoms with Crippen LogP contribution in [0, 0.1) is 0 Å². The highest BCUT2D eigenvalue weighted by Gasteiger charge is 2.12. The minimum absolute atomic E-state index is 0.0914. The van der Waals surface area contributed by atoms with E-state index in [1.807, 2.05) is 6.07 Å². The van der Waals surface area contributed by atoms with E-state index in [1.165, 1.54) is 13.2 Å². The number of hydrogen-bond acceptors (Lipinski definition) is 4. The Bertz CT molecular complexity index is 630. The Morgan fingerprint density at radius 3 is 2.80 bits per heavy atom. The van der Waals surface area contributed by atoms with Crippen LogP contribution < -0.4 is 9.47 Å². The molecule has 1 aromatic carbocycles. The molecule has 6 heteroatoms. The predicted octanol–water partition coefficient (Wildman–Crippen LogP) is 3.13. The SMILES string of the molecule is COc1ccc(C(=O)O)c(OCc2cncc(Br)c2)c1. The largest absolute Gasteiger partial charge is 0.497 e. The van der Waals surface area contributed by atoms with Crippen molar-refractivity contribution < 1.29 is 19.4 Å². The molecule has 20 heavy (non-hydrogen) atoms. The van der Waals surface area contributed by atoms with Crippen LogP contribution in [-0.4, -0.2) is 23.2 Å². The lowest BCUT2D eigenvalue weighted by Crippen LogP contribution is -2.04. The van der Waals surface area contributed by atoms with E-state index in [0.29, 0.717) is 5.75 Å². The van der Waals surface area contributed by atoms with Crippen molar-refractivity contribution in [3.05, 3.63) is 52.3 Å². The number of halogens is 1. The van der Waals surface area contributed by atoms with Crippen molar-refractivity contribution in [2.75, 3.05) is 7.11 Å². The third-order valence-corrected chi connectivity index (χ3v) is 3.01. The number of ether oxygens (including phenoxy) is 2. The fourth-order valence-electron chi connectivity index (χ4n) is 1.62. The molecule has 0 atom stereocenters. The molecule has 0 unspecified atom stereocenters. The molecular formula is C14H12BrNO4. The van der Waals surface area contributed by atoms with E-state index in [9.17, 15) is 4.79 Å². The molecule has 0 amide bonds. The first-order valence-electron chi connectivity index (χ1n) is 5.73. The third kappa shape index (κ3) is 3.48. The Morgan fingerprint density at radius 1 is 1.35 bits per heavy atom. The lowest BCUT2D eigenvalue weighted by molar-refractivity contribution is 0.0691. The van der Waals surface area contributed by atoms with Crippen molar-refractivity contribution in [2.24, 2.45) is 0 Å². The number of nitrogens with zero attached hydrogens (tertiary/aromatic N) is 1. The fourth-order valence-corrected chi connectivity index (χ4v) is 2.03. The van der Waals surface area contributed by atoms with Gasteiger partial charge in [-0.25, -0.2) is 4.79 Å². The number of pyridine rings is 1. The molecule has 0 aliphatic rings. The van der Waals surface area contributed by atoms with E-state index in [-0.39, 0.29) is 17.9 Å². The van der Waals surface area contributed by atoms with Gasteiger partial charge in [0.2, 0.25) is 0 Å². The van der Waals surface area contributed by atoms with Crippen LogP contribution in [0.25, 0.3) is 0 Å². The number of carboxylic acid groups (broad SMARTS) is 1. The second kappa shape index (κ2) is 6.38. The molecule has 1 heterocycles. The molecule has 5 nitrogen and oxygen atoms in total. The van der Waals surface area contributed by atoms with Gasteiger partial charge in [-0.1, -0.05) is 0 Å². The zero-order chi connectivity index (χ0) is 14.5. The molecule has 0 saturated carbocycles. The van der Waals surface area contributed by atoms with Crippen molar-refractivity contribution in [3.8, 4) is 11.5 Å². The zero-order valence-electron chi connectivity index (χ0n) is 10.7. The monoisotopic (exact) mass is 337 g/mol. The second-order valence-electron chi connectivity index (χ2n) is 3.97. The lowest BCUT2D eigenvalue weighted by Gasteiger charge is -2.10. The highest BCUT2D eigenvalue weighted by atomic mass is 79.9. The number of methoxy groups -OCH3 is 1. The van der Waals surface area contributed by atoms with Gasteiger partial charge in [-0.15, -0.1) is 0 Å². The van der Waals surface area contributed by atoms with Gasteiger partial charge < -0.3 is 14.6 Å². The smallest absolute Gasteiger partial charge is 0.339 e. The summed E-state index contributed by atoms with van der Waals surface area (Å²) in [7, 11) is 1.51. The number of hydrogen-bond donors (Lipinski definition) is 1. The van der Waals surface area contributed by atoms with Gasteiger partial charge in [0.1, 0.15) is 23.7 Å². The van der Waals surface area contributed by atoms with E-state index in [1.54, 1.807) is 24.5 Å². The van der Waals surface area contributed by atoms with Gasteiger partial charge >= 0.3 is 5.97 Å². The van der Waals surface area contributed by atoms with Crippen molar-refractivity contribution >= 4 is 21.9 Å². The molecule has 0 bridgehead atoms.